The number of aryl methyl sites for hydroxylation is 1. The van der Waals surface area contributed by atoms with Crippen molar-refractivity contribution in [2.45, 2.75) is 23.3 Å². The molecule has 0 radical (unpaired) electrons. The lowest BCUT2D eigenvalue weighted by Crippen LogP contribution is -2.34. The molecule has 100 valence electrons. The second-order valence-electron chi connectivity index (χ2n) is 5.04. The van der Waals surface area contributed by atoms with E-state index in [2.05, 4.69) is 47.8 Å². The molecule has 0 spiro atoms. The second kappa shape index (κ2) is 5.39. The highest BCUT2D eigenvalue weighted by atomic mass is 32.2. The Hall–Kier alpha value is -1.26. The zero-order valence-electron chi connectivity index (χ0n) is 11.3. The molecule has 3 nitrogen and oxygen atoms in total. The highest BCUT2D eigenvalue weighted by Gasteiger charge is 2.29. The van der Waals surface area contributed by atoms with Crippen LogP contribution in [0.3, 0.4) is 0 Å². The minimum absolute atomic E-state index is 0.450. The fourth-order valence-corrected chi connectivity index (χ4v) is 4.10. The minimum atomic E-state index is 0.450. The Morgan fingerprint density at radius 1 is 1.42 bits per heavy atom. The molecule has 0 aliphatic carbocycles. The fourth-order valence-electron chi connectivity index (χ4n) is 2.76. The van der Waals surface area contributed by atoms with Crippen LogP contribution in [0.25, 0.3) is 0 Å². The largest absolute Gasteiger partial charge is 0.316 e. The van der Waals surface area contributed by atoms with Crippen LogP contribution < -0.4 is 5.32 Å². The Bertz CT molecular complexity index is 564. The van der Waals surface area contributed by atoms with E-state index in [1.807, 2.05) is 29.7 Å². The van der Waals surface area contributed by atoms with E-state index in [1.54, 1.807) is 0 Å². The van der Waals surface area contributed by atoms with Crippen LogP contribution in [0.4, 0.5) is 0 Å². The van der Waals surface area contributed by atoms with Crippen LogP contribution >= 0.6 is 11.8 Å². The summed E-state index contributed by atoms with van der Waals surface area (Å²) in [5.74, 6) is 1.74. The number of hydrogen-bond acceptors (Lipinski definition) is 3. The summed E-state index contributed by atoms with van der Waals surface area (Å²) in [6.45, 7) is 0. The predicted molar refractivity (Wildman–Crippen MR) is 79.7 cm³/mol. The maximum Gasteiger partial charge on any atom is 0.0640 e. The van der Waals surface area contributed by atoms with Crippen LogP contribution in [0.5, 0.6) is 0 Å². The molecule has 0 amide bonds. The van der Waals surface area contributed by atoms with Gasteiger partial charge in [-0.05, 0) is 24.7 Å². The first kappa shape index (κ1) is 12.8. The molecule has 1 aromatic heterocycles. The Morgan fingerprint density at radius 3 is 3.00 bits per heavy atom. The lowest BCUT2D eigenvalue weighted by Gasteiger charge is -2.22. The SMILES string of the molecule is CNC(Cc1ccn(C)n1)C1CSc2ccccc21. The lowest BCUT2D eigenvalue weighted by molar-refractivity contribution is 0.482. The summed E-state index contributed by atoms with van der Waals surface area (Å²) >= 11 is 1.97. The smallest absolute Gasteiger partial charge is 0.0640 e. The molecule has 4 heteroatoms. The van der Waals surface area contributed by atoms with Crippen molar-refractivity contribution >= 4 is 11.8 Å². The van der Waals surface area contributed by atoms with Crippen molar-refractivity contribution in [3.8, 4) is 0 Å². The molecule has 3 rings (SSSR count). The van der Waals surface area contributed by atoms with Gasteiger partial charge in [-0.25, -0.2) is 0 Å². The topological polar surface area (TPSA) is 29.9 Å². The molecule has 2 heterocycles. The number of nitrogens with zero attached hydrogens (tertiary/aromatic N) is 2. The van der Waals surface area contributed by atoms with E-state index in [4.69, 9.17) is 0 Å². The number of aromatic nitrogens is 2. The van der Waals surface area contributed by atoms with Gasteiger partial charge in [-0.2, -0.15) is 5.10 Å². The number of benzene rings is 1. The Morgan fingerprint density at radius 2 is 2.26 bits per heavy atom. The van der Waals surface area contributed by atoms with E-state index in [0.29, 0.717) is 12.0 Å². The van der Waals surface area contributed by atoms with Gasteiger partial charge in [-0.15, -0.1) is 11.8 Å². The van der Waals surface area contributed by atoms with E-state index in [-0.39, 0.29) is 0 Å². The van der Waals surface area contributed by atoms with Gasteiger partial charge in [-0.1, -0.05) is 18.2 Å². The van der Waals surface area contributed by atoms with Crippen molar-refractivity contribution in [3.05, 3.63) is 47.8 Å². The Balaban J connectivity index is 1.80. The van der Waals surface area contributed by atoms with E-state index < -0.39 is 0 Å². The molecule has 1 aliphatic rings. The van der Waals surface area contributed by atoms with Crippen LogP contribution in [-0.2, 0) is 13.5 Å². The predicted octanol–water partition coefficient (Wildman–Crippen LogP) is 2.44. The number of thioether (sulfide) groups is 1. The normalized spacial score (nSPS) is 19.4. The van der Waals surface area contributed by atoms with Gasteiger partial charge in [0.15, 0.2) is 0 Å². The zero-order chi connectivity index (χ0) is 13.2. The molecule has 1 aliphatic heterocycles. The first-order valence-corrected chi connectivity index (χ1v) is 7.64. The lowest BCUT2D eigenvalue weighted by atomic mass is 9.90. The summed E-state index contributed by atoms with van der Waals surface area (Å²) < 4.78 is 1.87. The van der Waals surface area contributed by atoms with Crippen molar-refractivity contribution < 1.29 is 0 Å². The van der Waals surface area contributed by atoms with E-state index in [9.17, 15) is 0 Å². The highest BCUT2D eigenvalue weighted by Crippen LogP contribution is 2.41. The number of fused-ring (bicyclic) bond motifs is 1. The summed E-state index contributed by atoms with van der Waals surface area (Å²) in [7, 11) is 4.03. The number of nitrogens with one attached hydrogen (secondary N) is 1. The van der Waals surface area contributed by atoms with Crippen molar-refractivity contribution in [1.82, 2.24) is 15.1 Å². The number of rotatable bonds is 4. The standard InChI is InChI=1S/C15H19N3S/c1-16-14(9-11-7-8-18(2)17-11)13-10-19-15-6-4-3-5-12(13)15/h3-8,13-14,16H,9-10H2,1-2H3. The van der Waals surface area contributed by atoms with Crippen molar-refractivity contribution in [1.29, 1.82) is 0 Å². The minimum Gasteiger partial charge on any atom is -0.316 e. The molecule has 2 atom stereocenters. The van der Waals surface area contributed by atoms with Gasteiger partial charge in [0.2, 0.25) is 0 Å². The molecule has 2 unspecified atom stereocenters. The molecule has 19 heavy (non-hydrogen) atoms. The van der Waals surface area contributed by atoms with Gasteiger partial charge in [0.1, 0.15) is 0 Å². The summed E-state index contributed by atoms with van der Waals surface area (Å²) in [4.78, 5) is 1.44. The summed E-state index contributed by atoms with van der Waals surface area (Å²) in [5, 5.41) is 7.98. The van der Waals surface area contributed by atoms with Crippen molar-refractivity contribution in [2.24, 2.45) is 7.05 Å². The van der Waals surface area contributed by atoms with Gasteiger partial charge in [0, 0.05) is 42.3 Å². The van der Waals surface area contributed by atoms with E-state index in [1.165, 1.54) is 10.5 Å². The maximum absolute atomic E-state index is 4.50. The van der Waals surface area contributed by atoms with Crippen molar-refractivity contribution in [3.63, 3.8) is 0 Å². The molecular weight excluding hydrogens is 254 g/mol. The third-order valence-corrected chi connectivity index (χ3v) is 5.00. The third kappa shape index (κ3) is 2.55. The van der Waals surface area contributed by atoms with E-state index >= 15 is 0 Å². The average Bonchev–Trinajstić information content (AvgIpc) is 3.02. The molecule has 2 aromatic rings. The molecule has 1 aromatic carbocycles. The summed E-state index contributed by atoms with van der Waals surface area (Å²) in [5.41, 5.74) is 2.65. The molecule has 0 bridgehead atoms. The molecule has 0 fully saturated rings. The second-order valence-corrected chi connectivity index (χ2v) is 6.10. The fraction of sp³-hybridized carbons (Fsp3) is 0.400. The van der Waals surface area contributed by atoms with Crippen LogP contribution in [0, 0.1) is 0 Å². The molecule has 1 N–H and O–H groups in total. The third-order valence-electron chi connectivity index (χ3n) is 3.79. The molecule has 0 saturated heterocycles. The van der Waals surface area contributed by atoms with Gasteiger partial charge in [0.05, 0.1) is 5.69 Å². The molecular formula is C15H19N3S. The quantitative estimate of drug-likeness (QED) is 0.928. The van der Waals surface area contributed by atoms with Crippen LogP contribution in [-0.4, -0.2) is 28.6 Å². The number of hydrogen-bond donors (Lipinski definition) is 1. The van der Waals surface area contributed by atoms with Gasteiger partial charge in [-0.3, -0.25) is 4.68 Å². The average molecular weight is 273 g/mol. The highest BCUT2D eigenvalue weighted by molar-refractivity contribution is 7.99. The summed E-state index contributed by atoms with van der Waals surface area (Å²) in [6.07, 6.45) is 3.00. The Kier molecular flexibility index (Phi) is 3.62. The van der Waals surface area contributed by atoms with Crippen LogP contribution in [0.1, 0.15) is 17.2 Å². The maximum atomic E-state index is 4.50. The van der Waals surface area contributed by atoms with Crippen molar-refractivity contribution in [2.75, 3.05) is 12.8 Å². The Labute approximate surface area is 118 Å². The van der Waals surface area contributed by atoms with Gasteiger partial charge >= 0.3 is 0 Å². The van der Waals surface area contributed by atoms with Gasteiger partial charge < -0.3 is 5.32 Å². The molecule has 0 saturated carbocycles. The number of likely N-dealkylation sites (N-methyl/N-ethyl adjacent to an activating group) is 1. The van der Waals surface area contributed by atoms with Gasteiger partial charge in [0.25, 0.3) is 0 Å². The first-order valence-electron chi connectivity index (χ1n) is 6.65. The van der Waals surface area contributed by atoms with Crippen LogP contribution in [0.15, 0.2) is 41.4 Å². The zero-order valence-corrected chi connectivity index (χ0v) is 12.2. The van der Waals surface area contributed by atoms with Crippen LogP contribution in [0.2, 0.25) is 0 Å². The first-order chi connectivity index (χ1) is 9.28. The van der Waals surface area contributed by atoms with E-state index in [0.717, 1.165) is 17.9 Å². The monoisotopic (exact) mass is 273 g/mol. The summed E-state index contributed by atoms with van der Waals surface area (Å²) in [6, 6.07) is 11.3.